The Hall–Kier alpha value is -1.15. The summed E-state index contributed by atoms with van der Waals surface area (Å²) in [5, 5.41) is 8.96. The van der Waals surface area contributed by atoms with Gasteiger partial charge in [-0.1, -0.05) is 69.7 Å². The first-order valence-corrected chi connectivity index (χ1v) is 7.51. The molecule has 0 aromatic heterocycles. The topological polar surface area (TPSA) is 37.3 Å². The Balaban J connectivity index is 2.31. The van der Waals surface area contributed by atoms with Crippen LogP contribution in [0.1, 0.15) is 67.8 Å². The average Bonchev–Trinajstić information content (AvgIpc) is 2.46. The van der Waals surface area contributed by atoms with Gasteiger partial charge in [0.05, 0.1) is 0 Å². The Bertz CT molecular complexity index is 371. The lowest BCUT2D eigenvalue weighted by atomic mass is 9.98. The van der Waals surface area contributed by atoms with Gasteiger partial charge in [-0.05, 0) is 18.4 Å². The zero-order chi connectivity index (χ0) is 13.9. The van der Waals surface area contributed by atoms with Crippen molar-refractivity contribution in [1.82, 2.24) is 0 Å². The molecule has 2 nitrogen and oxygen atoms in total. The maximum absolute atomic E-state index is 11.6. The van der Waals surface area contributed by atoms with Gasteiger partial charge < -0.3 is 5.11 Å². The molecule has 0 spiro atoms. The summed E-state index contributed by atoms with van der Waals surface area (Å²) in [6, 6.07) is 7.64. The Morgan fingerprint density at radius 3 is 2.32 bits per heavy atom. The zero-order valence-corrected chi connectivity index (χ0v) is 12.0. The molecule has 0 saturated heterocycles. The number of carbonyl (C=O) groups excluding carboxylic acids is 1. The van der Waals surface area contributed by atoms with Gasteiger partial charge in [-0.25, -0.2) is 0 Å². The SMILES string of the molecule is CCCCCCCCCc1ccccc1C(=O)CO. The number of aliphatic hydroxyl groups is 1. The lowest BCUT2D eigenvalue weighted by molar-refractivity contribution is 0.0902. The predicted octanol–water partition coefficient (Wildman–Crippen LogP) is 4.15. The van der Waals surface area contributed by atoms with Gasteiger partial charge in [-0.2, -0.15) is 0 Å². The quantitative estimate of drug-likeness (QED) is 0.508. The Kier molecular flexibility index (Phi) is 8.15. The van der Waals surface area contributed by atoms with Crippen LogP contribution in [0.15, 0.2) is 24.3 Å². The van der Waals surface area contributed by atoms with Crippen LogP contribution in [0, 0.1) is 0 Å². The van der Waals surface area contributed by atoms with Crippen LogP contribution in [0.25, 0.3) is 0 Å². The van der Waals surface area contributed by atoms with E-state index in [1.807, 2.05) is 24.3 Å². The largest absolute Gasteiger partial charge is 0.388 e. The second-order valence-corrected chi connectivity index (χ2v) is 5.11. The van der Waals surface area contributed by atoms with Crippen LogP contribution in [-0.4, -0.2) is 17.5 Å². The molecule has 1 rings (SSSR count). The highest BCUT2D eigenvalue weighted by Crippen LogP contribution is 2.14. The molecule has 0 heterocycles. The van der Waals surface area contributed by atoms with Gasteiger partial charge in [0.1, 0.15) is 6.61 Å². The highest BCUT2D eigenvalue weighted by atomic mass is 16.3. The highest BCUT2D eigenvalue weighted by Gasteiger charge is 2.08. The van der Waals surface area contributed by atoms with E-state index in [2.05, 4.69) is 6.92 Å². The molecule has 0 atom stereocenters. The van der Waals surface area contributed by atoms with Crippen molar-refractivity contribution < 1.29 is 9.90 Å². The van der Waals surface area contributed by atoms with Gasteiger partial charge in [-0.3, -0.25) is 4.79 Å². The number of Topliss-reactive ketones (excluding diaryl/α,β-unsaturated/α-hetero) is 1. The van der Waals surface area contributed by atoms with Crippen molar-refractivity contribution in [1.29, 1.82) is 0 Å². The van der Waals surface area contributed by atoms with Crippen LogP contribution < -0.4 is 0 Å². The summed E-state index contributed by atoms with van der Waals surface area (Å²) in [6.45, 7) is 1.84. The molecule has 0 unspecified atom stereocenters. The molecule has 2 heteroatoms. The van der Waals surface area contributed by atoms with E-state index in [9.17, 15) is 4.79 Å². The number of hydrogen-bond donors (Lipinski definition) is 1. The minimum atomic E-state index is -0.395. The first-order valence-electron chi connectivity index (χ1n) is 7.51. The summed E-state index contributed by atoms with van der Waals surface area (Å²) < 4.78 is 0. The number of rotatable bonds is 10. The minimum absolute atomic E-state index is 0.168. The van der Waals surface area contributed by atoms with E-state index in [1.54, 1.807) is 0 Å². The van der Waals surface area contributed by atoms with Crippen molar-refractivity contribution >= 4 is 5.78 Å². The fourth-order valence-corrected chi connectivity index (χ4v) is 2.37. The normalized spacial score (nSPS) is 10.6. The number of unbranched alkanes of at least 4 members (excludes halogenated alkanes) is 6. The van der Waals surface area contributed by atoms with E-state index in [4.69, 9.17) is 5.11 Å². The van der Waals surface area contributed by atoms with Gasteiger partial charge in [0.25, 0.3) is 0 Å². The molecule has 106 valence electrons. The standard InChI is InChI=1S/C17H26O2/c1-2-3-4-5-6-7-8-11-15-12-9-10-13-16(15)17(19)14-18/h9-10,12-13,18H,2-8,11,14H2,1H3. The number of aryl methyl sites for hydroxylation is 1. The van der Waals surface area contributed by atoms with E-state index in [-0.39, 0.29) is 5.78 Å². The van der Waals surface area contributed by atoms with E-state index in [0.29, 0.717) is 5.56 Å². The number of hydrogen-bond acceptors (Lipinski definition) is 2. The number of benzene rings is 1. The zero-order valence-electron chi connectivity index (χ0n) is 12.0. The molecule has 0 aliphatic rings. The summed E-state index contributed by atoms with van der Waals surface area (Å²) in [6.07, 6.45) is 9.88. The predicted molar refractivity (Wildman–Crippen MR) is 79.6 cm³/mol. The number of aliphatic hydroxyl groups excluding tert-OH is 1. The molecule has 0 fully saturated rings. The summed E-state index contributed by atoms with van der Waals surface area (Å²) in [7, 11) is 0. The molecule has 0 bridgehead atoms. The van der Waals surface area contributed by atoms with E-state index in [1.165, 1.54) is 38.5 Å². The third kappa shape index (κ3) is 6.02. The van der Waals surface area contributed by atoms with Gasteiger partial charge in [0, 0.05) is 5.56 Å². The minimum Gasteiger partial charge on any atom is -0.388 e. The molecule has 0 aliphatic heterocycles. The van der Waals surface area contributed by atoms with Gasteiger partial charge in [0.2, 0.25) is 0 Å². The van der Waals surface area contributed by atoms with E-state index in [0.717, 1.165) is 18.4 Å². The average molecular weight is 262 g/mol. The summed E-state index contributed by atoms with van der Waals surface area (Å²) in [5.74, 6) is -0.168. The Morgan fingerprint density at radius 1 is 1.00 bits per heavy atom. The Labute approximate surface area is 116 Å². The van der Waals surface area contributed by atoms with E-state index >= 15 is 0 Å². The third-order valence-electron chi connectivity index (χ3n) is 3.51. The smallest absolute Gasteiger partial charge is 0.188 e. The summed E-state index contributed by atoms with van der Waals surface area (Å²) >= 11 is 0. The Morgan fingerprint density at radius 2 is 1.63 bits per heavy atom. The maximum atomic E-state index is 11.6. The molecule has 0 amide bonds. The lowest BCUT2D eigenvalue weighted by Crippen LogP contribution is -2.07. The van der Waals surface area contributed by atoms with Gasteiger partial charge >= 0.3 is 0 Å². The fraction of sp³-hybridized carbons (Fsp3) is 0.588. The van der Waals surface area contributed by atoms with Crippen LogP contribution in [0.2, 0.25) is 0 Å². The van der Waals surface area contributed by atoms with Crippen molar-refractivity contribution in [2.75, 3.05) is 6.61 Å². The monoisotopic (exact) mass is 262 g/mol. The first kappa shape index (κ1) is 15.9. The summed E-state index contributed by atoms with van der Waals surface area (Å²) in [4.78, 5) is 11.6. The number of carbonyl (C=O) groups is 1. The number of ketones is 1. The van der Waals surface area contributed by atoms with Gasteiger partial charge in [-0.15, -0.1) is 0 Å². The van der Waals surface area contributed by atoms with Crippen molar-refractivity contribution in [3.8, 4) is 0 Å². The van der Waals surface area contributed by atoms with Crippen molar-refractivity contribution in [3.63, 3.8) is 0 Å². The second-order valence-electron chi connectivity index (χ2n) is 5.11. The highest BCUT2D eigenvalue weighted by molar-refractivity contribution is 5.98. The van der Waals surface area contributed by atoms with Crippen LogP contribution in [0.3, 0.4) is 0 Å². The summed E-state index contributed by atoms with van der Waals surface area (Å²) in [5.41, 5.74) is 1.77. The molecule has 0 radical (unpaired) electrons. The molecule has 0 aliphatic carbocycles. The molecular weight excluding hydrogens is 236 g/mol. The third-order valence-corrected chi connectivity index (χ3v) is 3.51. The van der Waals surface area contributed by atoms with E-state index < -0.39 is 6.61 Å². The van der Waals surface area contributed by atoms with Crippen molar-refractivity contribution in [2.45, 2.75) is 58.3 Å². The fourth-order valence-electron chi connectivity index (χ4n) is 2.37. The molecular formula is C17H26O2. The van der Waals surface area contributed by atoms with Crippen LogP contribution >= 0.6 is 0 Å². The van der Waals surface area contributed by atoms with Crippen LogP contribution in [0.5, 0.6) is 0 Å². The maximum Gasteiger partial charge on any atom is 0.188 e. The van der Waals surface area contributed by atoms with Gasteiger partial charge in [0.15, 0.2) is 5.78 Å². The molecule has 19 heavy (non-hydrogen) atoms. The molecule has 1 N–H and O–H groups in total. The first-order chi connectivity index (χ1) is 9.29. The molecule has 1 aromatic rings. The molecule has 0 saturated carbocycles. The molecule has 1 aromatic carbocycles. The van der Waals surface area contributed by atoms with Crippen LogP contribution in [-0.2, 0) is 6.42 Å². The van der Waals surface area contributed by atoms with Crippen LogP contribution in [0.4, 0.5) is 0 Å². The second kappa shape index (κ2) is 9.74. The van der Waals surface area contributed by atoms with Crippen molar-refractivity contribution in [2.24, 2.45) is 0 Å². The van der Waals surface area contributed by atoms with Crippen molar-refractivity contribution in [3.05, 3.63) is 35.4 Å². The lowest BCUT2D eigenvalue weighted by Gasteiger charge is -2.07.